The van der Waals surface area contributed by atoms with E-state index in [1.807, 2.05) is 54.6 Å². The first-order chi connectivity index (χ1) is 13.7. The van der Waals surface area contributed by atoms with E-state index in [1.54, 1.807) is 27.5 Å². The number of aliphatic imine (C=N–C) groups is 1. The minimum absolute atomic E-state index is 0.320. The molecule has 3 rings (SSSR count). The molecule has 28 heavy (non-hydrogen) atoms. The monoisotopic (exact) mass is 374 g/mol. The van der Waals surface area contributed by atoms with E-state index >= 15 is 0 Å². The molecule has 1 atom stereocenters. The van der Waals surface area contributed by atoms with Gasteiger partial charge in [0.25, 0.3) is 0 Å². The lowest BCUT2D eigenvalue weighted by Crippen LogP contribution is -2.03. The van der Waals surface area contributed by atoms with Gasteiger partial charge in [0.15, 0.2) is 11.5 Å². The van der Waals surface area contributed by atoms with Crippen LogP contribution >= 0.6 is 0 Å². The average Bonchev–Trinajstić information content (AvgIpc) is 2.75. The fourth-order valence-electron chi connectivity index (χ4n) is 3.13. The van der Waals surface area contributed by atoms with Gasteiger partial charge in [0.2, 0.25) is 5.75 Å². The van der Waals surface area contributed by atoms with Crippen LogP contribution in [0.4, 0.5) is 5.69 Å². The number of benzene rings is 3. The first-order valence-electron chi connectivity index (χ1n) is 8.90. The van der Waals surface area contributed by atoms with Crippen LogP contribution in [0.2, 0.25) is 0 Å². The number of rotatable bonds is 7. The van der Waals surface area contributed by atoms with Crippen LogP contribution in [-0.4, -0.2) is 27.5 Å². The number of fused-ring (bicyclic) bond motifs is 1. The molecule has 0 radical (unpaired) electrons. The van der Waals surface area contributed by atoms with Gasteiger partial charge in [0.05, 0.1) is 39.0 Å². The molecule has 0 aliphatic rings. The van der Waals surface area contributed by atoms with Gasteiger partial charge in [-0.25, -0.2) is 0 Å². The van der Waals surface area contributed by atoms with E-state index in [4.69, 9.17) is 14.2 Å². The van der Waals surface area contributed by atoms with Gasteiger partial charge in [0.1, 0.15) is 0 Å². The SMILES string of the molecule is COc1cc2cc(CC(C#N)C=Nc3ccccc3)ccc2c(OC)c1OC. The molecule has 0 aromatic heterocycles. The summed E-state index contributed by atoms with van der Waals surface area (Å²) in [6, 6.07) is 19.9. The largest absolute Gasteiger partial charge is 0.493 e. The molecule has 0 heterocycles. The maximum absolute atomic E-state index is 9.51. The Hall–Kier alpha value is -3.52. The summed E-state index contributed by atoms with van der Waals surface area (Å²) in [5.41, 5.74) is 1.87. The second-order valence-electron chi connectivity index (χ2n) is 6.25. The van der Waals surface area contributed by atoms with Crippen LogP contribution in [0.15, 0.2) is 59.6 Å². The molecule has 0 saturated carbocycles. The van der Waals surface area contributed by atoms with E-state index in [1.165, 1.54) is 0 Å². The molecule has 0 fully saturated rings. The quantitative estimate of drug-likeness (QED) is 0.549. The summed E-state index contributed by atoms with van der Waals surface area (Å²) in [5.74, 6) is 1.48. The van der Waals surface area contributed by atoms with Crippen LogP contribution in [0.25, 0.3) is 10.8 Å². The Labute approximate surface area is 164 Å². The van der Waals surface area contributed by atoms with Gasteiger partial charge < -0.3 is 14.2 Å². The number of ether oxygens (including phenoxy) is 3. The summed E-state index contributed by atoms with van der Waals surface area (Å²) >= 11 is 0. The summed E-state index contributed by atoms with van der Waals surface area (Å²) < 4.78 is 16.4. The van der Waals surface area contributed by atoms with Crippen molar-refractivity contribution >= 4 is 22.7 Å². The molecule has 0 saturated heterocycles. The minimum atomic E-state index is -0.320. The van der Waals surface area contributed by atoms with Crippen LogP contribution in [0.5, 0.6) is 17.2 Å². The number of nitriles is 1. The van der Waals surface area contributed by atoms with E-state index in [0.717, 1.165) is 22.0 Å². The summed E-state index contributed by atoms with van der Waals surface area (Å²) in [5, 5.41) is 11.4. The van der Waals surface area contributed by atoms with Crippen LogP contribution in [0.1, 0.15) is 5.56 Å². The van der Waals surface area contributed by atoms with Gasteiger partial charge in [-0.2, -0.15) is 5.26 Å². The van der Waals surface area contributed by atoms with Gasteiger partial charge >= 0.3 is 0 Å². The van der Waals surface area contributed by atoms with Crippen LogP contribution in [-0.2, 0) is 6.42 Å². The predicted molar refractivity (Wildman–Crippen MR) is 111 cm³/mol. The molecule has 0 N–H and O–H groups in total. The van der Waals surface area contributed by atoms with Crippen molar-refractivity contribution in [2.24, 2.45) is 10.9 Å². The summed E-state index contributed by atoms with van der Waals surface area (Å²) in [4.78, 5) is 4.41. The van der Waals surface area contributed by atoms with Crippen LogP contribution in [0, 0.1) is 17.2 Å². The third kappa shape index (κ3) is 4.07. The van der Waals surface area contributed by atoms with Crippen LogP contribution < -0.4 is 14.2 Å². The number of para-hydroxylation sites is 1. The van der Waals surface area contributed by atoms with Crippen molar-refractivity contribution in [3.05, 3.63) is 60.2 Å². The van der Waals surface area contributed by atoms with Gasteiger partial charge in [-0.05, 0) is 35.6 Å². The van der Waals surface area contributed by atoms with Crippen molar-refractivity contribution in [2.45, 2.75) is 6.42 Å². The predicted octanol–water partition coefficient (Wildman–Crippen LogP) is 4.95. The highest BCUT2D eigenvalue weighted by atomic mass is 16.5. The highest BCUT2D eigenvalue weighted by Gasteiger charge is 2.16. The molecule has 0 amide bonds. The third-order valence-corrected chi connectivity index (χ3v) is 4.49. The number of hydrogen-bond donors (Lipinski definition) is 0. The molecule has 3 aromatic carbocycles. The van der Waals surface area contributed by atoms with E-state index in [-0.39, 0.29) is 5.92 Å². The molecular weight excluding hydrogens is 352 g/mol. The van der Waals surface area contributed by atoms with Crippen LogP contribution in [0.3, 0.4) is 0 Å². The summed E-state index contributed by atoms with van der Waals surface area (Å²) in [6.07, 6.45) is 2.27. The molecule has 1 unspecified atom stereocenters. The van der Waals surface area contributed by atoms with Crippen molar-refractivity contribution < 1.29 is 14.2 Å². The smallest absolute Gasteiger partial charge is 0.203 e. The maximum Gasteiger partial charge on any atom is 0.203 e. The Balaban J connectivity index is 1.91. The fourth-order valence-corrected chi connectivity index (χ4v) is 3.13. The Morgan fingerprint density at radius 2 is 1.71 bits per heavy atom. The highest BCUT2D eigenvalue weighted by Crippen LogP contribution is 2.43. The van der Waals surface area contributed by atoms with Crippen molar-refractivity contribution in [3.8, 4) is 23.3 Å². The fraction of sp³-hybridized carbons (Fsp3) is 0.217. The Bertz CT molecular complexity index is 1020. The number of hydrogen-bond acceptors (Lipinski definition) is 5. The van der Waals surface area contributed by atoms with Crippen molar-refractivity contribution in [3.63, 3.8) is 0 Å². The second-order valence-corrected chi connectivity index (χ2v) is 6.25. The topological polar surface area (TPSA) is 63.8 Å². The van der Waals surface area contributed by atoms with E-state index < -0.39 is 0 Å². The van der Waals surface area contributed by atoms with Gasteiger partial charge in [-0.15, -0.1) is 0 Å². The van der Waals surface area contributed by atoms with Gasteiger partial charge in [-0.1, -0.05) is 36.4 Å². The molecule has 5 heteroatoms. The van der Waals surface area contributed by atoms with E-state index in [0.29, 0.717) is 23.7 Å². The minimum Gasteiger partial charge on any atom is -0.493 e. The van der Waals surface area contributed by atoms with E-state index in [2.05, 4.69) is 11.1 Å². The molecule has 0 spiro atoms. The zero-order valence-electron chi connectivity index (χ0n) is 16.2. The first kappa shape index (κ1) is 19.2. The molecule has 0 aliphatic carbocycles. The molecular formula is C23H22N2O3. The van der Waals surface area contributed by atoms with Crippen molar-refractivity contribution in [1.82, 2.24) is 0 Å². The van der Waals surface area contributed by atoms with Crippen molar-refractivity contribution in [1.29, 1.82) is 5.26 Å². The van der Waals surface area contributed by atoms with Gasteiger partial charge in [-0.3, -0.25) is 4.99 Å². The molecule has 142 valence electrons. The lowest BCUT2D eigenvalue weighted by Gasteiger charge is -2.15. The highest BCUT2D eigenvalue weighted by molar-refractivity contribution is 5.93. The van der Waals surface area contributed by atoms with E-state index in [9.17, 15) is 5.26 Å². The normalized spacial score (nSPS) is 11.9. The lowest BCUT2D eigenvalue weighted by molar-refractivity contribution is 0.327. The Morgan fingerprint density at radius 1 is 0.964 bits per heavy atom. The molecule has 0 aliphatic heterocycles. The lowest BCUT2D eigenvalue weighted by atomic mass is 9.98. The Morgan fingerprint density at radius 3 is 2.36 bits per heavy atom. The molecule has 0 bridgehead atoms. The Kier molecular flexibility index (Phi) is 6.13. The summed E-state index contributed by atoms with van der Waals surface area (Å²) in [7, 11) is 4.79. The third-order valence-electron chi connectivity index (χ3n) is 4.49. The molecule has 3 aromatic rings. The van der Waals surface area contributed by atoms with Crippen molar-refractivity contribution in [2.75, 3.05) is 21.3 Å². The van der Waals surface area contributed by atoms with Gasteiger partial charge in [0, 0.05) is 11.6 Å². The number of methoxy groups -OCH3 is 3. The number of nitrogens with zero attached hydrogens (tertiary/aromatic N) is 2. The first-order valence-corrected chi connectivity index (χ1v) is 8.90. The summed E-state index contributed by atoms with van der Waals surface area (Å²) in [6.45, 7) is 0. The maximum atomic E-state index is 9.51. The standard InChI is InChI=1S/C23H22N2O3/c1-26-21-13-18-12-16(9-10-20(18)22(27-2)23(21)28-3)11-17(14-24)15-25-19-7-5-4-6-8-19/h4-10,12-13,15,17H,11H2,1-3H3. The average molecular weight is 374 g/mol. The zero-order chi connectivity index (χ0) is 19.9. The zero-order valence-corrected chi connectivity index (χ0v) is 16.2. The molecule has 5 nitrogen and oxygen atoms in total. The second kappa shape index (κ2) is 8.92.